The maximum absolute atomic E-state index is 12.0. The molecule has 1 aromatic carbocycles. The molecule has 0 bridgehead atoms. The minimum absolute atomic E-state index is 0.0377. The molecule has 1 heterocycles. The van der Waals surface area contributed by atoms with Gasteiger partial charge in [0.05, 0.1) is 12.0 Å². The number of H-pyrrole nitrogens is 1. The van der Waals surface area contributed by atoms with Crippen LogP contribution in [0.25, 0.3) is 10.9 Å². The molecule has 1 aliphatic rings. The van der Waals surface area contributed by atoms with E-state index in [9.17, 15) is 9.90 Å². The monoisotopic (exact) mass is 300 g/mol. The number of benzene rings is 1. The Morgan fingerprint density at radius 3 is 2.82 bits per heavy atom. The number of para-hydroxylation sites is 1. The van der Waals surface area contributed by atoms with Gasteiger partial charge in [0, 0.05) is 23.6 Å². The van der Waals surface area contributed by atoms with Crippen LogP contribution in [-0.2, 0) is 11.2 Å². The number of aromatic nitrogens is 1. The zero-order valence-corrected chi connectivity index (χ0v) is 12.9. The summed E-state index contributed by atoms with van der Waals surface area (Å²) in [4.78, 5) is 15.3. The minimum atomic E-state index is -0.775. The van der Waals surface area contributed by atoms with Crippen LogP contribution in [0.1, 0.15) is 44.1 Å². The van der Waals surface area contributed by atoms with Crippen LogP contribution in [-0.4, -0.2) is 28.1 Å². The Hall–Kier alpha value is -1.81. The van der Waals surface area contributed by atoms with Gasteiger partial charge < -0.3 is 15.4 Å². The summed E-state index contributed by atoms with van der Waals surface area (Å²) in [6.45, 7) is 0.608. The maximum atomic E-state index is 12.0. The molecular weight excluding hydrogens is 276 g/mol. The number of carbonyl (C=O) groups is 1. The maximum Gasteiger partial charge on any atom is 0.222 e. The van der Waals surface area contributed by atoms with Crippen LogP contribution in [0.15, 0.2) is 30.5 Å². The summed E-state index contributed by atoms with van der Waals surface area (Å²) < 4.78 is 0. The van der Waals surface area contributed by atoms with Crippen LogP contribution in [0, 0.1) is 0 Å². The van der Waals surface area contributed by atoms with Crippen LogP contribution in [0.5, 0.6) is 0 Å². The normalized spacial score (nSPS) is 17.5. The number of rotatable bonds is 5. The van der Waals surface area contributed by atoms with E-state index in [1.54, 1.807) is 0 Å². The van der Waals surface area contributed by atoms with Crippen LogP contribution >= 0.6 is 0 Å². The van der Waals surface area contributed by atoms with Crippen molar-refractivity contribution in [3.8, 4) is 0 Å². The lowest BCUT2D eigenvalue weighted by Crippen LogP contribution is -2.38. The Bertz CT molecular complexity index is 641. The van der Waals surface area contributed by atoms with Crippen molar-refractivity contribution in [2.75, 3.05) is 6.54 Å². The molecule has 0 unspecified atom stereocenters. The van der Waals surface area contributed by atoms with Gasteiger partial charge >= 0.3 is 0 Å². The number of fused-ring (bicyclic) bond motifs is 1. The number of aliphatic hydroxyl groups is 1. The SMILES string of the molecule is O=C(CC1(O)CCCCC1)NCCc1c[nH]c2ccccc12. The van der Waals surface area contributed by atoms with Crippen LogP contribution in [0.4, 0.5) is 0 Å². The topological polar surface area (TPSA) is 65.1 Å². The zero-order valence-electron chi connectivity index (χ0n) is 12.9. The van der Waals surface area contributed by atoms with Crippen LogP contribution < -0.4 is 5.32 Å². The fourth-order valence-electron chi connectivity index (χ4n) is 3.42. The molecule has 4 nitrogen and oxygen atoms in total. The third kappa shape index (κ3) is 3.50. The van der Waals surface area contributed by atoms with E-state index in [-0.39, 0.29) is 12.3 Å². The first kappa shape index (κ1) is 15.1. The molecule has 3 rings (SSSR count). The third-order valence-corrected chi connectivity index (χ3v) is 4.67. The van der Waals surface area contributed by atoms with Crippen molar-refractivity contribution in [1.29, 1.82) is 0 Å². The first-order chi connectivity index (χ1) is 10.7. The van der Waals surface area contributed by atoms with E-state index >= 15 is 0 Å². The second kappa shape index (κ2) is 6.53. The zero-order chi connectivity index (χ0) is 15.4. The number of amides is 1. The van der Waals surface area contributed by atoms with E-state index in [2.05, 4.69) is 22.4 Å². The number of hydrogen-bond donors (Lipinski definition) is 3. The van der Waals surface area contributed by atoms with E-state index in [0.29, 0.717) is 6.54 Å². The summed E-state index contributed by atoms with van der Waals surface area (Å²) in [5.41, 5.74) is 1.57. The predicted molar refractivity (Wildman–Crippen MR) is 87.7 cm³/mol. The predicted octanol–water partition coefficient (Wildman–Crippen LogP) is 2.91. The highest BCUT2D eigenvalue weighted by Crippen LogP contribution is 2.30. The highest BCUT2D eigenvalue weighted by atomic mass is 16.3. The molecular formula is C18H24N2O2. The summed E-state index contributed by atoms with van der Waals surface area (Å²) in [5.74, 6) is -0.0377. The molecule has 1 aliphatic carbocycles. The fraction of sp³-hybridized carbons (Fsp3) is 0.500. The average molecular weight is 300 g/mol. The standard InChI is InChI=1S/C18H24N2O2/c21-17(12-18(22)9-4-1-5-10-18)19-11-8-14-13-20-16-7-3-2-6-15(14)16/h2-3,6-7,13,20,22H,1,4-5,8-12H2,(H,19,21). The van der Waals surface area contributed by atoms with E-state index in [1.807, 2.05) is 18.3 Å². The summed E-state index contributed by atoms with van der Waals surface area (Å²) in [6.07, 6.45) is 7.77. The summed E-state index contributed by atoms with van der Waals surface area (Å²) in [7, 11) is 0. The quantitative estimate of drug-likeness (QED) is 0.795. The van der Waals surface area contributed by atoms with Gasteiger partial charge in [0.15, 0.2) is 0 Å². The van der Waals surface area contributed by atoms with Gasteiger partial charge in [-0.25, -0.2) is 0 Å². The van der Waals surface area contributed by atoms with Gasteiger partial charge in [0.1, 0.15) is 0 Å². The van der Waals surface area contributed by atoms with Crippen molar-refractivity contribution in [3.63, 3.8) is 0 Å². The van der Waals surface area contributed by atoms with Gasteiger partial charge in [-0.3, -0.25) is 4.79 Å². The van der Waals surface area contributed by atoms with Gasteiger partial charge in [0.2, 0.25) is 5.91 Å². The van der Waals surface area contributed by atoms with Crippen molar-refractivity contribution >= 4 is 16.8 Å². The lowest BCUT2D eigenvalue weighted by Gasteiger charge is -2.31. The summed E-state index contributed by atoms with van der Waals surface area (Å²) >= 11 is 0. The van der Waals surface area contributed by atoms with E-state index < -0.39 is 5.60 Å². The Morgan fingerprint density at radius 2 is 2.00 bits per heavy atom. The van der Waals surface area contributed by atoms with Gasteiger partial charge in [0.25, 0.3) is 0 Å². The molecule has 1 saturated carbocycles. The van der Waals surface area contributed by atoms with Crippen LogP contribution in [0.2, 0.25) is 0 Å². The third-order valence-electron chi connectivity index (χ3n) is 4.67. The number of nitrogens with one attached hydrogen (secondary N) is 2. The first-order valence-corrected chi connectivity index (χ1v) is 8.20. The summed E-state index contributed by atoms with van der Waals surface area (Å²) in [6, 6.07) is 8.18. The molecule has 0 aliphatic heterocycles. The summed E-state index contributed by atoms with van der Waals surface area (Å²) in [5, 5.41) is 14.6. The van der Waals surface area contributed by atoms with Crippen LogP contribution in [0.3, 0.4) is 0 Å². The number of hydrogen-bond acceptors (Lipinski definition) is 2. The van der Waals surface area contributed by atoms with Gasteiger partial charge in [-0.1, -0.05) is 37.5 Å². The highest BCUT2D eigenvalue weighted by molar-refractivity contribution is 5.83. The van der Waals surface area contributed by atoms with Crippen molar-refractivity contribution in [2.24, 2.45) is 0 Å². The van der Waals surface area contributed by atoms with Gasteiger partial charge in [-0.2, -0.15) is 0 Å². The highest BCUT2D eigenvalue weighted by Gasteiger charge is 2.31. The van der Waals surface area contributed by atoms with Gasteiger partial charge in [-0.05, 0) is 30.9 Å². The molecule has 4 heteroatoms. The van der Waals surface area contributed by atoms with Gasteiger partial charge in [-0.15, -0.1) is 0 Å². The second-order valence-corrected chi connectivity index (χ2v) is 6.42. The smallest absolute Gasteiger partial charge is 0.222 e. The number of carbonyl (C=O) groups excluding carboxylic acids is 1. The van der Waals surface area contributed by atoms with Crippen molar-refractivity contribution in [3.05, 3.63) is 36.0 Å². The fourth-order valence-corrected chi connectivity index (χ4v) is 3.42. The molecule has 0 atom stereocenters. The molecule has 0 saturated heterocycles. The molecule has 1 amide bonds. The van der Waals surface area contributed by atoms with Crippen molar-refractivity contribution in [1.82, 2.24) is 10.3 Å². The molecule has 3 N–H and O–H groups in total. The molecule has 2 aromatic rings. The second-order valence-electron chi connectivity index (χ2n) is 6.42. The number of aromatic amines is 1. The first-order valence-electron chi connectivity index (χ1n) is 8.20. The van der Waals surface area contributed by atoms with E-state index in [4.69, 9.17) is 0 Å². The minimum Gasteiger partial charge on any atom is -0.389 e. The Kier molecular flexibility index (Phi) is 4.48. The molecule has 22 heavy (non-hydrogen) atoms. The molecule has 118 valence electrons. The lowest BCUT2D eigenvalue weighted by molar-refractivity contribution is -0.127. The largest absolute Gasteiger partial charge is 0.389 e. The van der Waals surface area contributed by atoms with E-state index in [1.165, 1.54) is 17.4 Å². The lowest BCUT2D eigenvalue weighted by atomic mass is 9.82. The average Bonchev–Trinajstić information content (AvgIpc) is 2.91. The molecule has 1 fully saturated rings. The molecule has 0 radical (unpaired) electrons. The van der Waals surface area contributed by atoms with Crippen molar-refractivity contribution < 1.29 is 9.90 Å². The van der Waals surface area contributed by atoms with E-state index in [0.717, 1.165) is 37.6 Å². The van der Waals surface area contributed by atoms with Crippen molar-refractivity contribution in [2.45, 2.75) is 50.5 Å². The Balaban J connectivity index is 1.49. The molecule has 1 aromatic heterocycles. The Labute approximate surface area is 130 Å². The Morgan fingerprint density at radius 1 is 1.23 bits per heavy atom. The molecule has 0 spiro atoms.